The van der Waals surface area contributed by atoms with E-state index in [9.17, 15) is 0 Å². The van der Waals surface area contributed by atoms with Crippen LogP contribution in [0.4, 0.5) is 15.9 Å². The molecule has 0 radical (unpaired) electrons. The quantitative estimate of drug-likeness (QED) is 0.193. The van der Waals surface area contributed by atoms with Crippen molar-refractivity contribution in [2.45, 2.75) is 41.3 Å². The number of fused-ring (bicyclic) bond motifs is 1. The maximum absolute atomic E-state index is 15.2. The van der Waals surface area contributed by atoms with Crippen molar-refractivity contribution in [3.05, 3.63) is 42.2 Å². The van der Waals surface area contributed by atoms with E-state index in [-0.39, 0.29) is 5.30 Å². The van der Waals surface area contributed by atoms with Gasteiger partial charge < -0.3 is 20.5 Å². The SMILES string of the molecule is BC(B)(B)OC[C@@]1(C)C[C@@](C)(c2cc(Nc3nccc4nc(OC(B)(B)C#C)cnc34)cnc2F)N=C(N)S1. The topological polar surface area (TPSA) is 120 Å². The number of thioether (sulfide) groups is 1. The highest BCUT2D eigenvalue weighted by Gasteiger charge is 2.44. The Labute approximate surface area is 236 Å². The summed E-state index contributed by atoms with van der Waals surface area (Å²) in [5, 5.41) is 2.42. The first kappa shape index (κ1) is 28.8. The van der Waals surface area contributed by atoms with Crippen molar-refractivity contribution < 1.29 is 13.9 Å². The van der Waals surface area contributed by atoms with Crippen LogP contribution in [-0.2, 0) is 10.3 Å². The summed E-state index contributed by atoms with van der Waals surface area (Å²) in [5.74, 6) is 2.67. The number of pyridine rings is 2. The summed E-state index contributed by atoms with van der Waals surface area (Å²) < 4.78 is 26.6. The molecule has 0 fully saturated rings. The van der Waals surface area contributed by atoms with Gasteiger partial charge in [0, 0.05) is 16.5 Å². The molecule has 0 amide bonds. The van der Waals surface area contributed by atoms with Crippen LogP contribution in [0.25, 0.3) is 11.0 Å². The summed E-state index contributed by atoms with van der Waals surface area (Å²) in [5.41, 5.74) is 7.18. The van der Waals surface area contributed by atoms with Crippen LogP contribution >= 0.6 is 11.8 Å². The van der Waals surface area contributed by atoms with Gasteiger partial charge in [0.2, 0.25) is 11.8 Å². The van der Waals surface area contributed by atoms with Crippen LogP contribution in [0.15, 0.2) is 35.7 Å². The molecule has 3 aromatic heterocycles. The zero-order valence-corrected chi connectivity index (χ0v) is 24.1. The van der Waals surface area contributed by atoms with Gasteiger partial charge in [0.25, 0.3) is 0 Å². The van der Waals surface area contributed by atoms with Crippen LogP contribution in [0.5, 0.6) is 5.88 Å². The van der Waals surface area contributed by atoms with Gasteiger partial charge in [0.1, 0.15) is 29.1 Å². The Hall–Kier alpha value is -3.17. The number of aliphatic imine (C=N–C) groups is 1. The number of hydrogen-bond donors (Lipinski definition) is 2. The first-order valence-electron chi connectivity index (χ1n) is 12.5. The van der Waals surface area contributed by atoms with Crippen LogP contribution in [0, 0.1) is 18.3 Å². The van der Waals surface area contributed by atoms with Crippen LogP contribution in [0.3, 0.4) is 0 Å². The largest absolute Gasteiger partial charge is 0.477 e. The van der Waals surface area contributed by atoms with E-state index in [1.54, 1.807) is 34.0 Å². The molecule has 3 N–H and O–H groups in total. The highest BCUT2D eigenvalue weighted by atomic mass is 32.2. The number of nitrogens with two attached hydrogens (primary N) is 1. The standard InChI is InChI=1S/C23H29B5FN7O2S/c1-4-22(24,25)38-15-9-32-16-14(35-15)5-6-31-18(16)34-12-7-13(17(29)33-8-12)21(3)10-20(2,39-19(30)36-21)11-37-23(26,27)28/h1,5-9H,10-11,24-28H2,2-3H3,(H2,30,36)(H,31,34)/t20-,21+/m1/s1. The Bertz CT molecular complexity index is 1490. The predicted octanol–water partition coefficient (Wildman–Crippen LogP) is -1.81. The Morgan fingerprint density at radius 2 is 1.95 bits per heavy atom. The molecule has 4 heterocycles. The third-order valence-corrected chi connectivity index (χ3v) is 7.12. The second-order valence-electron chi connectivity index (χ2n) is 11.5. The monoisotopic (exact) mass is 541 g/mol. The van der Waals surface area contributed by atoms with E-state index in [0.717, 1.165) is 0 Å². The number of nitrogens with one attached hydrogen (secondary N) is 1. The Kier molecular flexibility index (Phi) is 7.71. The molecule has 0 bridgehead atoms. The zero-order valence-electron chi connectivity index (χ0n) is 23.3. The van der Waals surface area contributed by atoms with Gasteiger partial charge in [0.15, 0.2) is 26.7 Å². The van der Waals surface area contributed by atoms with E-state index in [1.165, 1.54) is 24.2 Å². The van der Waals surface area contributed by atoms with Crippen molar-refractivity contribution in [1.82, 2.24) is 19.9 Å². The van der Waals surface area contributed by atoms with Gasteiger partial charge in [-0.2, -0.15) is 4.39 Å². The fraction of sp³-hybridized carbons (Fsp3) is 0.348. The van der Waals surface area contributed by atoms with Gasteiger partial charge in [-0.15, -0.1) is 6.42 Å². The minimum atomic E-state index is -0.956. The average Bonchev–Trinajstić information content (AvgIpc) is 2.82. The molecule has 4 rings (SSSR count). The van der Waals surface area contributed by atoms with Gasteiger partial charge in [0.05, 0.1) is 41.1 Å². The molecule has 16 heteroatoms. The molecule has 2 atom stereocenters. The number of aromatic nitrogens is 4. The molecular weight excluding hydrogens is 511 g/mol. The van der Waals surface area contributed by atoms with Gasteiger partial charge in [-0.3, -0.25) is 4.99 Å². The van der Waals surface area contributed by atoms with E-state index in [4.69, 9.17) is 21.6 Å². The number of rotatable bonds is 8. The van der Waals surface area contributed by atoms with Gasteiger partial charge in [-0.05, 0) is 37.7 Å². The van der Waals surface area contributed by atoms with Crippen molar-refractivity contribution >= 4 is 78.7 Å². The molecule has 0 spiro atoms. The lowest BCUT2D eigenvalue weighted by atomic mass is 9.52. The van der Waals surface area contributed by atoms with Crippen molar-refractivity contribution in [2.75, 3.05) is 11.9 Å². The number of amidine groups is 1. The van der Waals surface area contributed by atoms with Crippen LogP contribution < -0.4 is 15.8 Å². The van der Waals surface area contributed by atoms with E-state index >= 15 is 4.39 Å². The van der Waals surface area contributed by atoms with Crippen LogP contribution in [0.1, 0.15) is 25.8 Å². The number of nitrogens with zero attached hydrogens (tertiary/aromatic N) is 5. The smallest absolute Gasteiger partial charge is 0.232 e. The maximum atomic E-state index is 15.2. The fourth-order valence-corrected chi connectivity index (χ4v) is 5.54. The lowest BCUT2D eigenvalue weighted by Crippen LogP contribution is -2.46. The number of anilines is 2. The molecule has 0 aliphatic carbocycles. The molecule has 196 valence electrons. The van der Waals surface area contributed by atoms with Crippen molar-refractivity contribution in [2.24, 2.45) is 10.7 Å². The molecule has 1 aliphatic heterocycles. The number of terminal acetylenes is 1. The lowest BCUT2D eigenvalue weighted by molar-refractivity contribution is 0.100. The minimum Gasteiger partial charge on any atom is -0.477 e. The molecule has 3 aromatic rings. The molecule has 0 saturated carbocycles. The second-order valence-corrected chi connectivity index (χ2v) is 13.1. The Balaban J connectivity index is 1.64. The minimum absolute atomic E-state index is 0.297. The molecule has 0 saturated heterocycles. The van der Waals surface area contributed by atoms with E-state index in [1.807, 2.05) is 30.5 Å². The first-order valence-corrected chi connectivity index (χ1v) is 13.3. The van der Waals surface area contributed by atoms with Gasteiger partial charge in [-0.25, -0.2) is 19.9 Å². The van der Waals surface area contributed by atoms with E-state index < -0.39 is 21.6 Å². The first-order chi connectivity index (χ1) is 18.1. The summed E-state index contributed by atoms with van der Waals surface area (Å²) in [6.07, 6.45) is 10.5. The molecular formula is C23H29B5FN7O2S. The van der Waals surface area contributed by atoms with Crippen LogP contribution in [-0.4, -0.2) is 86.4 Å². The summed E-state index contributed by atoms with van der Waals surface area (Å²) in [6, 6.07) is 3.40. The number of ether oxygens (including phenoxy) is 2. The third kappa shape index (κ3) is 6.89. The lowest BCUT2D eigenvalue weighted by Gasteiger charge is -2.42. The third-order valence-electron chi connectivity index (χ3n) is 6.06. The van der Waals surface area contributed by atoms with Crippen molar-refractivity contribution in [3.63, 3.8) is 0 Å². The zero-order chi connectivity index (χ0) is 28.6. The van der Waals surface area contributed by atoms with Gasteiger partial charge in [-0.1, -0.05) is 17.7 Å². The van der Waals surface area contributed by atoms with Crippen LogP contribution in [0.2, 0.25) is 0 Å². The van der Waals surface area contributed by atoms with Crippen molar-refractivity contribution in [1.29, 1.82) is 0 Å². The molecule has 0 aromatic carbocycles. The second kappa shape index (κ2) is 10.4. The van der Waals surface area contributed by atoms with Crippen molar-refractivity contribution in [3.8, 4) is 18.2 Å². The summed E-state index contributed by atoms with van der Waals surface area (Å²) in [7, 11) is 9.52. The number of halogens is 1. The summed E-state index contributed by atoms with van der Waals surface area (Å²) >= 11 is 1.44. The molecule has 0 unspecified atom stereocenters. The van der Waals surface area contributed by atoms with E-state index in [0.29, 0.717) is 52.2 Å². The Morgan fingerprint density at radius 3 is 2.64 bits per heavy atom. The summed E-state index contributed by atoms with van der Waals surface area (Å²) in [6.45, 7) is 4.35. The Morgan fingerprint density at radius 1 is 1.21 bits per heavy atom. The van der Waals surface area contributed by atoms with Gasteiger partial charge >= 0.3 is 0 Å². The predicted molar refractivity (Wildman–Crippen MR) is 168 cm³/mol. The summed E-state index contributed by atoms with van der Waals surface area (Å²) in [4.78, 5) is 22.1. The molecule has 39 heavy (non-hydrogen) atoms. The average molecular weight is 541 g/mol. The number of hydrogen-bond acceptors (Lipinski definition) is 10. The van der Waals surface area contributed by atoms with E-state index in [2.05, 4.69) is 43.1 Å². The molecule has 1 aliphatic rings. The maximum Gasteiger partial charge on any atom is 0.232 e. The highest BCUT2D eigenvalue weighted by molar-refractivity contribution is 8.15. The fourth-order valence-electron chi connectivity index (χ4n) is 4.32. The normalized spacial score (nSPS) is 21.6. The highest BCUT2D eigenvalue weighted by Crippen LogP contribution is 2.46. The molecule has 9 nitrogen and oxygen atoms in total.